The molecule has 17 heavy (non-hydrogen) atoms. The van der Waals surface area contributed by atoms with Crippen LogP contribution in [0, 0.1) is 5.82 Å². The topological polar surface area (TPSA) is 29.1 Å². The molecule has 0 aliphatic carbocycles. The molecule has 1 N–H and O–H groups in total. The number of amides is 1. The molecule has 0 saturated heterocycles. The molecule has 0 radical (unpaired) electrons. The highest BCUT2D eigenvalue weighted by Crippen LogP contribution is 2.32. The van der Waals surface area contributed by atoms with E-state index in [9.17, 15) is 22.4 Å². The number of carbonyl (C=O) groups is 1. The summed E-state index contributed by atoms with van der Waals surface area (Å²) in [6.45, 7) is 3.37. The molecule has 2 nitrogen and oxygen atoms in total. The minimum Gasteiger partial charge on any atom is -0.348 e. The highest BCUT2D eigenvalue weighted by atomic mass is 19.4. The van der Waals surface area contributed by atoms with Crippen molar-refractivity contribution in [2.75, 3.05) is 6.54 Å². The molecule has 1 rings (SSSR count). The quantitative estimate of drug-likeness (QED) is 0.645. The molecule has 0 aliphatic rings. The molecule has 1 aromatic carbocycles. The average Bonchev–Trinajstić information content (AvgIpc) is 2.24. The Labute approximate surface area is 94.9 Å². The van der Waals surface area contributed by atoms with Crippen molar-refractivity contribution in [3.05, 3.63) is 47.8 Å². The molecule has 0 atom stereocenters. The predicted molar refractivity (Wildman–Crippen MR) is 53.9 cm³/mol. The monoisotopic (exact) mass is 247 g/mol. The van der Waals surface area contributed by atoms with E-state index in [4.69, 9.17) is 0 Å². The van der Waals surface area contributed by atoms with Crippen molar-refractivity contribution in [1.82, 2.24) is 5.32 Å². The van der Waals surface area contributed by atoms with E-state index >= 15 is 0 Å². The third-order valence-corrected chi connectivity index (χ3v) is 1.96. The first-order valence-corrected chi connectivity index (χ1v) is 4.62. The van der Waals surface area contributed by atoms with Crippen molar-refractivity contribution in [3.63, 3.8) is 0 Å². The predicted octanol–water partition coefficient (Wildman–Crippen LogP) is 2.76. The second kappa shape index (κ2) is 4.99. The van der Waals surface area contributed by atoms with Crippen molar-refractivity contribution in [2.24, 2.45) is 0 Å². The van der Waals surface area contributed by atoms with E-state index in [-0.39, 0.29) is 6.54 Å². The third kappa shape index (κ3) is 3.05. The van der Waals surface area contributed by atoms with E-state index in [1.165, 1.54) is 6.08 Å². The van der Waals surface area contributed by atoms with Crippen LogP contribution in [0.5, 0.6) is 0 Å². The summed E-state index contributed by atoms with van der Waals surface area (Å²) in [5, 5.41) is 2.20. The minimum atomic E-state index is -4.82. The summed E-state index contributed by atoms with van der Waals surface area (Å²) in [4.78, 5) is 11.3. The molecule has 0 aromatic heterocycles. The Morgan fingerprint density at radius 3 is 2.59 bits per heavy atom. The van der Waals surface area contributed by atoms with Crippen molar-refractivity contribution in [3.8, 4) is 0 Å². The van der Waals surface area contributed by atoms with Gasteiger partial charge >= 0.3 is 6.18 Å². The van der Waals surface area contributed by atoms with Crippen LogP contribution < -0.4 is 5.32 Å². The first-order valence-electron chi connectivity index (χ1n) is 4.62. The molecule has 0 spiro atoms. The summed E-state index contributed by atoms with van der Waals surface area (Å²) in [6.07, 6.45) is -3.48. The Hall–Kier alpha value is -1.85. The second-order valence-corrected chi connectivity index (χ2v) is 3.16. The molecular weight excluding hydrogens is 238 g/mol. The van der Waals surface area contributed by atoms with Gasteiger partial charge in [-0.05, 0) is 12.1 Å². The fourth-order valence-electron chi connectivity index (χ4n) is 1.19. The SMILES string of the molecule is C=CCNC(=O)c1cccc(C(F)(F)F)c1F. The smallest absolute Gasteiger partial charge is 0.348 e. The van der Waals surface area contributed by atoms with Gasteiger partial charge in [0.25, 0.3) is 5.91 Å². The van der Waals surface area contributed by atoms with Gasteiger partial charge in [-0.2, -0.15) is 13.2 Å². The summed E-state index contributed by atoms with van der Waals surface area (Å²) >= 11 is 0. The molecule has 92 valence electrons. The lowest BCUT2D eigenvalue weighted by atomic mass is 10.1. The zero-order valence-electron chi connectivity index (χ0n) is 8.64. The Morgan fingerprint density at radius 1 is 1.41 bits per heavy atom. The highest BCUT2D eigenvalue weighted by molar-refractivity contribution is 5.94. The fourth-order valence-corrected chi connectivity index (χ4v) is 1.19. The lowest BCUT2D eigenvalue weighted by Gasteiger charge is -2.10. The highest BCUT2D eigenvalue weighted by Gasteiger charge is 2.35. The number of halogens is 4. The van der Waals surface area contributed by atoms with Crippen molar-refractivity contribution >= 4 is 5.91 Å². The number of nitrogens with one attached hydrogen (secondary N) is 1. The zero-order valence-corrected chi connectivity index (χ0v) is 8.64. The van der Waals surface area contributed by atoms with Gasteiger partial charge in [-0.3, -0.25) is 4.79 Å². The number of alkyl halides is 3. The lowest BCUT2D eigenvalue weighted by molar-refractivity contribution is -0.140. The van der Waals surface area contributed by atoms with Crippen LogP contribution in [0.3, 0.4) is 0 Å². The Bertz CT molecular complexity index is 440. The molecule has 0 unspecified atom stereocenters. The maximum absolute atomic E-state index is 13.4. The lowest BCUT2D eigenvalue weighted by Crippen LogP contribution is -2.25. The summed E-state index contributed by atoms with van der Waals surface area (Å²) < 4.78 is 50.5. The molecule has 1 aromatic rings. The van der Waals surface area contributed by atoms with Gasteiger partial charge in [0.15, 0.2) is 0 Å². The number of rotatable bonds is 3. The van der Waals surface area contributed by atoms with E-state index in [1.54, 1.807) is 0 Å². The molecule has 0 heterocycles. The first kappa shape index (κ1) is 13.2. The van der Waals surface area contributed by atoms with Gasteiger partial charge in [-0.1, -0.05) is 12.1 Å². The maximum Gasteiger partial charge on any atom is 0.419 e. The summed E-state index contributed by atoms with van der Waals surface area (Å²) in [6, 6.07) is 2.55. The summed E-state index contributed by atoms with van der Waals surface area (Å²) in [5.74, 6) is -2.48. The van der Waals surface area contributed by atoms with Crippen molar-refractivity contribution in [1.29, 1.82) is 0 Å². The van der Waals surface area contributed by atoms with Gasteiger partial charge < -0.3 is 5.32 Å². The van der Waals surface area contributed by atoms with E-state index < -0.39 is 29.0 Å². The van der Waals surface area contributed by atoms with Crippen LogP contribution in [0.1, 0.15) is 15.9 Å². The van der Waals surface area contributed by atoms with Crippen LogP contribution in [0.25, 0.3) is 0 Å². The second-order valence-electron chi connectivity index (χ2n) is 3.16. The van der Waals surface area contributed by atoms with E-state index in [1.807, 2.05) is 0 Å². The Balaban J connectivity index is 3.10. The number of benzene rings is 1. The van der Waals surface area contributed by atoms with Crippen molar-refractivity contribution in [2.45, 2.75) is 6.18 Å². The molecule has 6 heteroatoms. The minimum absolute atomic E-state index is 0.0501. The first-order chi connectivity index (χ1) is 7.88. The van der Waals surface area contributed by atoms with Crippen LogP contribution in [-0.2, 0) is 6.18 Å². The van der Waals surface area contributed by atoms with Crippen LogP contribution in [0.4, 0.5) is 17.6 Å². The average molecular weight is 247 g/mol. The van der Waals surface area contributed by atoms with Gasteiger partial charge in [-0.25, -0.2) is 4.39 Å². The summed E-state index contributed by atoms with van der Waals surface area (Å²) in [5.41, 5.74) is -2.09. The number of carbonyl (C=O) groups excluding carboxylic acids is 1. The van der Waals surface area contributed by atoms with Gasteiger partial charge in [0.2, 0.25) is 0 Å². The van der Waals surface area contributed by atoms with Gasteiger partial charge in [0.1, 0.15) is 5.82 Å². The molecule has 0 aliphatic heterocycles. The van der Waals surface area contributed by atoms with E-state index in [0.29, 0.717) is 6.07 Å². The normalized spacial score (nSPS) is 11.1. The number of hydrogen-bond donors (Lipinski definition) is 1. The molecule has 0 saturated carbocycles. The Morgan fingerprint density at radius 2 is 2.06 bits per heavy atom. The largest absolute Gasteiger partial charge is 0.419 e. The summed E-state index contributed by atoms with van der Waals surface area (Å²) in [7, 11) is 0. The van der Waals surface area contributed by atoms with Crippen LogP contribution >= 0.6 is 0 Å². The fraction of sp³-hybridized carbons (Fsp3) is 0.182. The molecular formula is C11H9F4NO. The van der Waals surface area contributed by atoms with Gasteiger partial charge in [0.05, 0.1) is 11.1 Å². The standard InChI is InChI=1S/C11H9F4NO/c1-2-6-16-10(17)7-4-3-5-8(9(7)12)11(13,14)15/h2-5H,1,6H2,(H,16,17). The molecule has 0 bridgehead atoms. The van der Waals surface area contributed by atoms with Crippen molar-refractivity contribution < 1.29 is 22.4 Å². The van der Waals surface area contributed by atoms with Crippen LogP contribution in [0.2, 0.25) is 0 Å². The maximum atomic E-state index is 13.4. The van der Waals surface area contributed by atoms with Crippen LogP contribution in [-0.4, -0.2) is 12.5 Å². The van der Waals surface area contributed by atoms with E-state index in [0.717, 1.165) is 12.1 Å². The molecule has 0 fully saturated rings. The number of hydrogen-bond acceptors (Lipinski definition) is 1. The zero-order chi connectivity index (χ0) is 13.1. The van der Waals surface area contributed by atoms with E-state index in [2.05, 4.69) is 11.9 Å². The Kier molecular flexibility index (Phi) is 3.88. The third-order valence-electron chi connectivity index (χ3n) is 1.96. The van der Waals surface area contributed by atoms with Gasteiger partial charge in [-0.15, -0.1) is 6.58 Å². The molecule has 1 amide bonds. The van der Waals surface area contributed by atoms with Crippen LogP contribution in [0.15, 0.2) is 30.9 Å². The van der Waals surface area contributed by atoms with Gasteiger partial charge in [0, 0.05) is 6.54 Å².